The number of nitrogens with zero attached hydrogens (tertiary/aromatic N) is 1. The summed E-state index contributed by atoms with van der Waals surface area (Å²) in [6, 6.07) is 10.2. The second-order valence-electron chi connectivity index (χ2n) is 5.33. The van der Waals surface area contributed by atoms with Gasteiger partial charge in [0.2, 0.25) is 0 Å². The van der Waals surface area contributed by atoms with Gasteiger partial charge >= 0.3 is 6.85 Å². The van der Waals surface area contributed by atoms with Gasteiger partial charge in [0.25, 0.3) is 0 Å². The van der Waals surface area contributed by atoms with Crippen LogP contribution in [0.4, 0.5) is 0 Å². The lowest BCUT2D eigenvalue weighted by atomic mass is 9.61. The predicted octanol–water partition coefficient (Wildman–Crippen LogP) is 2.78. The molecule has 0 aliphatic carbocycles. The van der Waals surface area contributed by atoms with Crippen molar-refractivity contribution in [2.75, 3.05) is 6.54 Å². The van der Waals surface area contributed by atoms with Crippen LogP contribution in [0.3, 0.4) is 0 Å². The van der Waals surface area contributed by atoms with Crippen molar-refractivity contribution in [1.29, 1.82) is 0 Å². The second-order valence-corrected chi connectivity index (χ2v) is 5.33. The molecule has 1 heterocycles. The monoisotopic (exact) mass is 223 g/mol. The molecule has 0 N–H and O–H groups in total. The molecule has 0 spiro atoms. The molecule has 0 saturated heterocycles. The molecule has 0 unspecified atom stereocenters. The zero-order valence-electron chi connectivity index (χ0n) is 10.8. The highest BCUT2D eigenvalue weighted by Crippen LogP contribution is 2.19. The molecule has 2 heteroatoms. The van der Waals surface area contributed by atoms with Crippen molar-refractivity contribution in [2.45, 2.75) is 26.3 Å². The van der Waals surface area contributed by atoms with Gasteiger partial charge in [-0.2, -0.15) is 0 Å². The van der Waals surface area contributed by atoms with Crippen molar-refractivity contribution in [3.63, 3.8) is 0 Å². The summed E-state index contributed by atoms with van der Waals surface area (Å²) in [5, 5.41) is 0. The van der Waals surface area contributed by atoms with Gasteiger partial charge in [0.05, 0.1) is 0 Å². The fraction of sp³-hybridized carbons (Fsp3) is 0.333. The van der Waals surface area contributed by atoms with E-state index in [9.17, 15) is 0 Å². The standard InChI is InChI=1S/C15H18BN/c1-15(2,3)17-13-7-11-16(17)12-10-14-8-5-4-6-9-14/h4-9,11H,13H2,1-3H3. The summed E-state index contributed by atoms with van der Waals surface area (Å²) >= 11 is 0. The van der Waals surface area contributed by atoms with E-state index < -0.39 is 0 Å². The van der Waals surface area contributed by atoms with Gasteiger partial charge in [-0.05, 0) is 32.9 Å². The Morgan fingerprint density at radius 2 is 1.88 bits per heavy atom. The summed E-state index contributed by atoms with van der Waals surface area (Å²) in [6.07, 6.45) is 2.20. The first-order chi connectivity index (χ1) is 8.07. The molecule has 2 rings (SSSR count). The maximum Gasteiger partial charge on any atom is 0.338 e. The number of hydrogen-bond acceptors (Lipinski definition) is 1. The largest absolute Gasteiger partial charge is 0.338 e. The zero-order chi connectivity index (χ0) is 12.3. The van der Waals surface area contributed by atoms with Gasteiger partial charge in [-0.1, -0.05) is 36.2 Å². The SMILES string of the molecule is CC(C)(C)N1CC=CB1C#Cc1ccccc1. The van der Waals surface area contributed by atoms with E-state index in [0.717, 1.165) is 12.1 Å². The predicted molar refractivity (Wildman–Crippen MR) is 74.7 cm³/mol. The Labute approximate surface area is 105 Å². The van der Waals surface area contributed by atoms with Crippen LogP contribution in [0.25, 0.3) is 0 Å². The smallest absolute Gasteiger partial charge is 0.319 e. The van der Waals surface area contributed by atoms with Crippen molar-refractivity contribution in [2.24, 2.45) is 0 Å². The second kappa shape index (κ2) is 4.81. The van der Waals surface area contributed by atoms with E-state index in [0.29, 0.717) is 0 Å². The van der Waals surface area contributed by atoms with Crippen molar-refractivity contribution in [1.82, 2.24) is 4.81 Å². The molecular formula is C15H18BN. The first-order valence-corrected chi connectivity index (χ1v) is 6.07. The van der Waals surface area contributed by atoms with E-state index in [-0.39, 0.29) is 12.4 Å². The van der Waals surface area contributed by atoms with Crippen LogP contribution in [-0.4, -0.2) is 23.7 Å². The third kappa shape index (κ3) is 3.02. The van der Waals surface area contributed by atoms with Crippen LogP contribution in [0, 0.1) is 11.7 Å². The quantitative estimate of drug-likeness (QED) is 0.483. The molecule has 86 valence electrons. The molecule has 0 aromatic heterocycles. The van der Waals surface area contributed by atoms with Gasteiger partial charge < -0.3 is 4.81 Å². The summed E-state index contributed by atoms with van der Waals surface area (Å²) in [4.78, 5) is 2.41. The highest BCUT2D eigenvalue weighted by Gasteiger charge is 2.31. The minimum absolute atomic E-state index is 0.166. The van der Waals surface area contributed by atoms with Crippen LogP contribution in [0.1, 0.15) is 26.3 Å². The van der Waals surface area contributed by atoms with Crippen molar-refractivity contribution in [3.8, 4) is 11.7 Å². The zero-order valence-corrected chi connectivity index (χ0v) is 10.8. The third-order valence-electron chi connectivity index (χ3n) is 2.96. The minimum Gasteiger partial charge on any atom is -0.319 e. The highest BCUT2D eigenvalue weighted by molar-refractivity contribution is 6.70. The molecule has 17 heavy (non-hydrogen) atoms. The molecule has 1 nitrogen and oxygen atoms in total. The summed E-state index contributed by atoms with van der Waals surface area (Å²) < 4.78 is 0. The van der Waals surface area contributed by atoms with E-state index in [1.165, 1.54) is 0 Å². The van der Waals surface area contributed by atoms with Gasteiger partial charge in [0.15, 0.2) is 0 Å². The molecule has 0 bridgehead atoms. The fourth-order valence-corrected chi connectivity index (χ4v) is 2.02. The van der Waals surface area contributed by atoms with Gasteiger partial charge in [-0.15, -0.1) is 5.82 Å². The Morgan fingerprint density at radius 1 is 1.18 bits per heavy atom. The lowest BCUT2D eigenvalue weighted by molar-refractivity contribution is 0.279. The first kappa shape index (κ1) is 12.0. The van der Waals surface area contributed by atoms with Crippen LogP contribution in [0.5, 0.6) is 0 Å². The number of benzene rings is 1. The molecule has 0 fully saturated rings. The summed E-state index contributed by atoms with van der Waals surface area (Å²) in [5.74, 6) is 8.78. The summed E-state index contributed by atoms with van der Waals surface area (Å²) in [6.45, 7) is 7.94. The van der Waals surface area contributed by atoms with E-state index in [2.05, 4.69) is 49.4 Å². The van der Waals surface area contributed by atoms with Gasteiger partial charge in [0.1, 0.15) is 0 Å². The lowest BCUT2D eigenvalue weighted by Crippen LogP contribution is -2.47. The number of rotatable bonds is 0. The summed E-state index contributed by atoms with van der Waals surface area (Å²) in [5.41, 5.74) is 1.25. The average molecular weight is 223 g/mol. The fourth-order valence-electron chi connectivity index (χ4n) is 2.02. The molecule has 0 saturated carbocycles. The van der Waals surface area contributed by atoms with E-state index in [1.54, 1.807) is 0 Å². The van der Waals surface area contributed by atoms with Crippen molar-refractivity contribution < 1.29 is 0 Å². The maximum atomic E-state index is 3.34. The molecule has 1 aliphatic rings. The van der Waals surface area contributed by atoms with E-state index in [1.807, 2.05) is 30.3 Å². The Balaban J connectivity index is 2.14. The van der Waals surface area contributed by atoms with Crippen LogP contribution in [-0.2, 0) is 0 Å². The Kier molecular flexibility index (Phi) is 3.40. The molecule has 0 radical (unpaired) electrons. The van der Waals surface area contributed by atoms with Crippen LogP contribution in [0.15, 0.2) is 42.4 Å². The van der Waals surface area contributed by atoms with Crippen molar-refractivity contribution in [3.05, 3.63) is 47.9 Å². The topological polar surface area (TPSA) is 3.24 Å². The van der Waals surface area contributed by atoms with Crippen LogP contribution >= 0.6 is 0 Å². The van der Waals surface area contributed by atoms with Crippen molar-refractivity contribution >= 4 is 6.85 Å². The summed E-state index contributed by atoms with van der Waals surface area (Å²) in [7, 11) is 0. The van der Waals surface area contributed by atoms with E-state index >= 15 is 0 Å². The Bertz CT molecular complexity index is 459. The molecule has 0 amide bonds. The third-order valence-corrected chi connectivity index (χ3v) is 2.96. The normalized spacial score (nSPS) is 15.8. The van der Waals surface area contributed by atoms with E-state index in [4.69, 9.17) is 0 Å². The minimum atomic E-state index is 0.166. The Hall–Kier alpha value is -1.46. The molecule has 1 aromatic carbocycles. The molecule has 1 aromatic rings. The molecule has 1 aliphatic heterocycles. The number of hydrogen-bond donors (Lipinski definition) is 0. The average Bonchev–Trinajstić information content (AvgIpc) is 2.75. The van der Waals surface area contributed by atoms with Gasteiger partial charge in [-0.3, -0.25) is 0 Å². The van der Waals surface area contributed by atoms with Crippen LogP contribution < -0.4 is 0 Å². The highest BCUT2D eigenvalue weighted by atomic mass is 15.1. The van der Waals surface area contributed by atoms with Gasteiger partial charge in [-0.25, -0.2) is 0 Å². The lowest BCUT2D eigenvalue weighted by Gasteiger charge is -2.33. The maximum absolute atomic E-state index is 3.34. The Morgan fingerprint density at radius 3 is 2.53 bits per heavy atom. The molecular weight excluding hydrogens is 205 g/mol. The first-order valence-electron chi connectivity index (χ1n) is 6.07. The van der Waals surface area contributed by atoms with Gasteiger partial charge in [0, 0.05) is 17.6 Å². The molecule has 0 atom stereocenters. The van der Waals surface area contributed by atoms with Crippen LogP contribution in [0.2, 0.25) is 0 Å².